The minimum absolute atomic E-state index is 0.0378. The number of ether oxygens (including phenoxy) is 1. The maximum Gasteiger partial charge on any atom is 0.257 e. The molecule has 1 fully saturated rings. The van der Waals surface area contributed by atoms with Crippen LogP contribution in [0, 0.1) is 0 Å². The zero-order valence-corrected chi connectivity index (χ0v) is 19.0. The maximum absolute atomic E-state index is 13.4. The van der Waals surface area contributed by atoms with E-state index in [1.807, 2.05) is 32.9 Å². The van der Waals surface area contributed by atoms with Gasteiger partial charge in [-0.2, -0.15) is 0 Å². The van der Waals surface area contributed by atoms with Crippen molar-refractivity contribution in [2.75, 3.05) is 12.0 Å². The third kappa shape index (κ3) is 4.48. The highest BCUT2D eigenvalue weighted by Gasteiger charge is 2.47. The molecule has 0 aromatic heterocycles. The molecule has 0 N–H and O–H groups in total. The lowest BCUT2D eigenvalue weighted by atomic mass is 9.99. The molecule has 2 aromatic rings. The van der Waals surface area contributed by atoms with Crippen LogP contribution in [-0.4, -0.2) is 41.3 Å². The molecular weight excluding hydrogens is 392 g/mol. The van der Waals surface area contributed by atoms with Crippen LogP contribution in [0.1, 0.15) is 62.9 Å². The summed E-state index contributed by atoms with van der Waals surface area (Å²) in [5.74, 6) is 0.0220. The van der Waals surface area contributed by atoms with Crippen LogP contribution in [0.3, 0.4) is 0 Å². The Morgan fingerprint density at radius 1 is 1.03 bits per heavy atom. The standard InChI is InChI=1S/C25H30N2O4/c1-16(2)17-7-11-19(12-8-17)26-22(28)15-21(24(26)30)27(25(3,4)5)23(29)18-9-13-20(31-6)14-10-18/h7-14,16,21H,15H2,1-6H3. The molecule has 1 heterocycles. The topological polar surface area (TPSA) is 66.9 Å². The number of carbonyl (C=O) groups is 3. The number of imide groups is 1. The average Bonchev–Trinajstić information content (AvgIpc) is 3.00. The van der Waals surface area contributed by atoms with Crippen LogP contribution < -0.4 is 9.64 Å². The molecule has 0 saturated carbocycles. The normalized spacial score (nSPS) is 16.7. The summed E-state index contributed by atoms with van der Waals surface area (Å²) >= 11 is 0. The Kier molecular flexibility index (Phi) is 6.20. The Labute approximate surface area is 183 Å². The van der Waals surface area contributed by atoms with Gasteiger partial charge in [-0.1, -0.05) is 26.0 Å². The smallest absolute Gasteiger partial charge is 0.257 e. The van der Waals surface area contributed by atoms with Crippen LogP contribution in [0.15, 0.2) is 48.5 Å². The van der Waals surface area contributed by atoms with Crippen LogP contribution >= 0.6 is 0 Å². The molecule has 164 valence electrons. The van der Waals surface area contributed by atoms with Crippen LogP contribution in [0.25, 0.3) is 0 Å². The lowest BCUT2D eigenvalue weighted by molar-refractivity contribution is -0.123. The zero-order chi connectivity index (χ0) is 22.9. The molecule has 0 spiro atoms. The monoisotopic (exact) mass is 422 g/mol. The first kappa shape index (κ1) is 22.5. The molecule has 0 radical (unpaired) electrons. The second kappa shape index (κ2) is 8.53. The quantitative estimate of drug-likeness (QED) is 0.670. The van der Waals surface area contributed by atoms with E-state index < -0.39 is 11.6 Å². The van der Waals surface area contributed by atoms with Gasteiger partial charge in [-0.05, 0) is 68.7 Å². The number of hydrogen-bond acceptors (Lipinski definition) is 4. The molecule has 1 saturated heterocycles. The van der Waals surface area contributed by atoms with E-state index >= 15 is 0 Å². The third-order valence-electron chi connectivity index (χ3n) is 5.53. The highest BCUT2D eigenvalue weighted by Crippen LogP contribution is 2.31. The summed E-state index contributed by atoms with van der Waals surface area (Å²) in [5.41, 5.74) is 1.45. The summed E-state index contributed by atoms with van der Waals surface area (Å²) in [4.78, 5) is 42.3. The molecule has 3 amide bonds. The summed E-state index contributed by atoms with van der Waals surface area (Å²) in [5, 5.41) is 0. The lowest BCUT2D eigenvalue weighted by Gasteiger charge is -2.39. The number of nitrogens with zero attached hydrogens (tertiary/aromatic N) is 2. The Bertz CT molecular complexity index is 972. The van der Waals surface area contributed by atoms with E-state index in [4.69, 9.17) is 4.74 Å². The number of benzene rings is 2. The highest BCUT2D eigenvalue weighted by molar-refractivity contribution is 6.23. The molecule has 0 bridgehead atoms. The van der Waals surface area contributed by atoms with Gasteiger partial charge in [-0.3, -0.25) is 14.4 Å². The second-order valence-corrected chi connectivity index (χ2v) is 9.11. The Balaban J connectivity index is 1.92. The number of hydrogen-bond donors (Lipinski definition) is 0. The van der Waals surface area contributed by atoms with E-state index in [2.05, 4.69) is 13.8 Å². The maximum atomic E-state index is 13.4. The molecule has 1 unspecified atom stereocenters. The van der Waals surface area contributed by atoms with E-state index in [-0.39, 0.29) is 24.1 Å². The van der Waals surface area contributed by atoms with E-state index in [9.17, 15) is 14.4 Å². The Morgan fingerprint density at radius 3 is 2.10 bits per heavy atom. The first-order valence-corrected chi connectivity index (χ1v) is 10.5. The van der Waals surface area contributed by atoms with Crippen molar-refractivity contribution in [3.63, 3.8) is 0 Å². The summed E-state index contributed by atoms with van der Waals surface area (Å²) in [6.45, 7) is 9.77. The molecule has 6 heteroatoms. The number of methoxy groups -OCH3 is 1. The van der Waals surface area contributed by atoms with Gasteiger partial charge in [0.25, 0.3) is 11.8 Å². The highest BCUT2D eigenvalue weighted by atomic mass is 16.5. The fraction of sp³-hybridized carbons (Fsp3) is 0.400. The number of carbonyl (C=O) groups excluding carboxylic acids is 3. The van der Waals surface area contributed by atoms with E-state index in [0.717, 1.165) is 5.56 Å². The lowest BCUT2D eigenvalue weighted by Crippen LogP contribution is -2.54. The summed E-state index contributed by atoms with van der Waals surface area (Å²) < 4.78 is 5.16. The van der Waals surface area contributed by atoms with Gasteiger partial charge in [0.2, 0.25) is 5.91 Å². The van der Waals surface area contributed by atoms with Crippen molar-refractivity contribution in [1.82, 2.24) is 4.90 Å². The molecule has 1 aliphatic heterocycles. The van der Waals surface area contributed by atoms with Gasteiger partial charge in [-0.25, -0.2) is 4.90 Å². The van der Waals surface area contributed by atoms with Gasteiger partial charge < -0.3 is 9.64 Å². The van der Waals surface area contributed by atoms with Gasteiger partial charge in [0.15, 0.2) is 0 Å². The molecule has 1 aliphatic rings. The SMILES string of the molecule is COc1ccc(C(=O)N(C2CC(=O)N(c3ccc(C(C)C)cc3)C2=O)C(C)(C)C)cc1. The Hall–Kier alpha value is -3.15. The molecule has 1 atom stereocenters. The molecule has 2 aromatic carbocycles. The van der Waals surface area contributed by atoms with Gasteiger partial charge in [0.1, 0.15) is 11.8 Å². The largest absolute Gasteiger partial charge is 0.497 e. The van der Waals surface area contributed by atoms with Crippen molar-refractivity contribution in [3.05, 3.63) is 59.7 Å². The van der Waals surface area contributed by atoms with Crippen LogP contribution in [0.4, 0.5) is 5.69 Å². The first-order chi connectivity index (χ1) is 14.5. The van der Waals surface area contributed by atoms with Gasteiger partial charge in [-0.15, -0.1) is 0 Å². The number of amides is 3. The second-order valence-electron chi connectivity index (χ2n) is 9.11. The van der Waals surface area contributed by atoms with E-state index in [1.165, 1.54) is 9.80 Å². The summed E-state index contributed by atoms with van der Waals surface area (Å²) in [6.07, 6.45) is -0.0378. The predicted octanol–water partition coefficient (Wildman–Crippen LogP) is 4.39. The van der Waals surface area contributed by atoms with Gasteiger partial charge in [0, 0.05) is 11.1 Å². The summed E-state index contributed by atoms with van der Waals surface area (Å²) in [7, 11) is 1.56. The minimum atomic E-state index is -0.855. The fourth-order valence-electron chi connectivity index (χ4n) is 3.88. The van der Waals surface area contributed by atoms with E-state index in [1.54, 1.807) is 43.5 Å². The van der Waals surface area contributed by atoms with Crippen molar-refractivity contribution in [3.8, 4) is 5.75 Å². The van der Waals surface area contributed by atoms with Crippen LogP contribution in [0.2, 0.25) is 0 Å². The average molecular weight is 423 g/mol. The van der Waals surface area contributed by atoms with Crippen molar-refractivity contribution < 1.29 is 19.1 Å². The first-order valence-electron chi connectivity index (χ1n) is 10.5. The Morgan fingerprint density at radius 2 is 1.61 bits per heavy atom. The van der Waals surface area contributed by atoms with Crippen molar-refractivity contribution in [1.29, 1.82) is 0 Å². The predicted molar refractivity (Wildman–Crippen MR) is 120 cm³/mol. The van der Waals surface area contributed by atoms with Gasteiger partial charge in [0.05, 0.1) is 19.2 Å². The van der Waals surface area contributed by atoms with Gasteiger partial charge >= 0.3 is 0 Å². The molecule has 31 heavy (non-hydrogen) atoms. The number of anilines is 1. The molecular formula is C25H30N2O4. The number of rotatable bonds is 5. The zero-order valence-electron chi connectivity index (χ0n) is 19.0. The van der Waals surface area contributed by atoms with Crippen molar-refractivity contribution in [2.24, 2.45) is 0 Å². The molecule has 0 aliphatic carbocycles. The molecule has 6 nitrogen and oxygen atoms in total. The van der Waals surface area contributed by atoms with Crippen LogP contribution in [-0.2, 0) is 9.59 Å². The van der Waals surface area contributed by atoms with E-state index in [0.29, 0.717) is 22.9 Å². The minimum Gasteiger partial charge on any atom is -0.497 e. The van der Waals surface area contributed by atoms with Crippen molar-refractivity contribution in [2.45, 2.75) is 58.5 Å². The third-order valence-corrected chi connectivity index (χ3v) is 5.53. The molecule has 3 rings (SSSR count). The summed E-state index contributed by atoms with van der Waals surface area (Å²) in [6, 6.07) is 13.3. The van der Waals surface area contributed by atoms with Crippen molar-refractivity contribution >= 4 is 23.4 Å². The fourth-order valence-corrected chi connectivity index (χ4v) is 3.88. The van der Waals surface area contributed by atoms with Crippen LogP contribution in [0.5, 0.6) is 5.75 Å².